The maximum Gasteiger partial charge on any atom is 0.409 e. The molecule has 5 rings (SSSR count). The second-order valence-corrected chi connectivity index (χ2v) is 11.3. The fourth-order valence-corrected chi connectivity index (χ4v) is 5.83. The van der Waals surface area contributed by atoms with Gasteiger partial charge in [-0.15, -0.1) is 0 Å². The Kier molecular flexibility index (Phi) is 8.66. The Hall–Kier alpha value is -4.13. The van der Waals surface area contributed by atoms with Gasteiger partial charge in [0.05, 0.1) is 36.6 Å². The molecule has 1 fully saturated rings. The average Bonchev–Trinajstić information content (AvgIpc) is 3.39. The lowest BCUT2D eigenvalue weighted by Crippen LogP contribution is -2.53. The van der Waals surface area contributed by atoms with E-state index in [1.165, 1.54) is 0 Å². The highest BCUT2D eigenvalue weighted by atomic mass is 79.9. The Bertz CT molecular complexity index is 1510. The number of halogens is 1. The van der Waals surface area contributed by atoms with Crippen LogP contribution in [-0.2, 0) is 25.7 Å². The number of carbonyl (C=O) groups excluding carboxylic acids is 3. The molecule has 2 aromatic carbocycles. The summed E-state index contributed by atoms with van der Waals surface area (Å²) in [5.41, 5.74) is 1.58. The van der Waals surface area contributed by atoms with E-state index in [9.17, 15) is 19.2 Å². The van der Waals surface area contributed by atoms with Crippen LogP contribution >= 0.6 is 15.9 Å². The number of nitrogens with one attached hydrogen (secondary N) is 2. The number of fused-ring (bicyclic) bond motifs is 2. The highest BCUT2D eigenvalue weighted by Crippen LogP contribution is 2.45. The predicted octanol–water partition coefficient (Wildman–Crippen LogP) is 4.48. The van der Waals surface area contributed by atoms with Crippen molar-refractivity contribution in [2.75, 3.05) is 19.7 Å². The van der Waals surface area contributed by atoms with Crippen molar-refractivity contribution < 1.29 is 38.5 Å². The second kappa shape index (κ2) is 12.4. The summed E-state index contributed by atoms with van der Waals surface area (Å²) in [5.74, 6) is -1.36. The number of carboxylic acids is 1. The molecule has 13 heteroatoms. The molecule has 0 saturated carbocycles. The number of carbonyl (C=O) groups is 4. The van der Waals surface area contributed by atoms with Gasteiger partial charge >= 0.3 is 18.0 Å². The Labute approximate surface area is 249 Å². The summed E-state index contributed by atoms with van der Waals surface area (Å²) in [5, 5.41) is 19.7. The molecule has 2 aliphatic rings. The van der Waals surface area contributed by atoms with Gasteiger partial charge < -0.3 is 29.5 Å². The third kappa shape index (κ3) is 6.35. The highest BCUT2D eigenvalue weighted by molar-refractivity contribution is 9.10. The molecule has 1 spiro atoms. The van der Waals surface area contributed by atoms with Crippen molar-refractivity contribution in [2.45, 2.75) is 57.3 Å². The van der Waals surface area contributed by atoms with E-state index in [2.05, 4.69) is 31.4 Å². The minimum Gasteiger partial charge on any atom is -0.487 e. The number of rotatable bonds is 8. The number of nitrogens with zero attached hydrogens (tertiary/aromatic N) is 2. The third-order valence-corrected chi connectivity index (χ3v) is 8.08. The van der Waals surface area contributed by atoms with Crippen LogP contribution in [0.4, 0.5) is 4.79 Å². The Morgan fingerprint density at radius 2 is 1.95 bits per heavy atom. The molecule has 3 heterocycles. The lowest BCUT2D eigenvalue weighted by atomic mass is 9.80. The van der Waals surface area contributed by atoms with E-state index in [0.29, 0.717) is 66.9 Å². The van der Waals surface area contributed by atoms with E-state index in [1.807, 2.05) is 18.2 Å². The molecule has 3 N–H and O–H groups in total. The molecule has 2 aliphatic heterocycles. The van der Waals surface area contributed by atoms with Crippen LogP contribution in [0.5, 0.6) is 5.75 Å². The van der Waals surface area contributed by atoms with Crippen LogP contribution in [0.2, 0.25) is 0 Å². The molecule has 0 bridgehead atoms. The number of aromatic amines is 1. The zero-order chi connectivity index (χ0) is 29.9. The van der Waals surface area contributed by atoms with E-state index in [4.69, 9.17) is 19.3 Å². The topological polar surface area (TPSA) is 160 Å². The van der Waals surface area contributed by atoms with Gasteiger partial charge in [-0.1, -0.05) is 28.1 Å². The number of likely N-dealkylation sites (tertiary alicyclic amines) is 1. The summed E-state index contributed by atoms with van der Waals surface area (Å²) in [6.45, 7) is 2.91. The molecule has 12 nitrogen and oxygen atoms in total. The molecule has 0 radical (unpaired) electrons. The van der Waals surface area contributed by atoms with Crippen molar-refractivity contribution in [3.8, 4) is 5.75 Å². The van der Waals surface area contributed by atoms with Crippen LogP contribution in [0.15, 0.2) is 40.9 Å². The van der Waals surface area contributed by atoms with Gasteiger partial charge in [-0.25, -0.2) is 4.79 Å². The van der Waals surface area contributed by atoms with Crippen molar-refractivity contribution in [1.29, 1.82) is 0 Å². The lowest BCUT2D eigenvalue weighted by molar-refractivity contribution is -0.148. The number of benzene rings is 2. The van der Waals surface area contributed by atoms with Gasteiger partial charge in [0.15, 0.2) is 0 Å². The van der Waals surface area contributed by atoms with Gasteiger partial charge in [0.25, 0.3) is 5.91 Å². The van der Waals surface area contributed by atoms with Gasteiger partial charge in [0.1, 0.15) is 23.7 Å². The number of carboxylic acid groups (broad SMARTS) is 1. The number of piperidine rings is 1. The number of ether oxygens (including phenoxy) is 3. The van der Waals surface area contributed by atoms with E-state index in [0.717, 1.165) is 10.0 Å². The number of aromatic nitrogens is 2. The van der Waals surface area contributed by atoms with Crippen LogP contribution in [0.1, 0.15) is 66.7 Å². The van der Waals surface area contributed by atoms with Crippen LogP contribution < -0.4 is 10.1 Å². The SMILES string of the molecule is CCOC(=O)N1CCC2(CC1)C[C@H](NC(=O)c1cccc3c(COC(=O)CCC(=O)O)n[nH]c13)c1cc(Br)ccc1O2. The Morgan fingerprint density at radius 1 is 1.17 bits per heavy atom. The fourth-order valence-electron chi connectivity index (χ4n) is 5.45. The smallest absolute Gasteiger partial charge is 0.409 e. The number of esters is 1. The fraction of sp³-hybridized carbons (Fsp3) is 0.414. The predicted molar refractivity (Wildman–Crippen MR) is 153 cm³/mol. The molecule has 1 saturated heterocycles. The van der Waals surface area contributed by atoms with Gasteiger partial charge in [-0.05, 0) is 31.2 Å². The second-order valence-electron chi connectivity index (χ2n) is 10.3. The monoisotopic (exact) mass is 642 g/mol. The van der Waals surface area contributed by atoms with Gasteiger partial charge in [0, 0.05) is 47.8 Å². The molecule has 222 valence electrons. The van der Waals surface area contributed by atoms with Crippen LogP contribution in [0.25, 0.3) is 10.9 Å². The molecule has 0 aliphatic carbocycles. The maximum absolute atomic E-state index is 13.7. The number of hydrogen-bond acceptors (Lipinski definition) is 8. The quantitative estimate of drug-likeness (QED) is 0.301. The molecule has 1 aromatic heterocycles. The first-order valence-corrected chi connectivity index (χ1v) is 14.5. The van der Waals surface area contributed by atoms with E-state index in [-0.39, 0.29) is 37.5 Å². The van der Waals surface area contributed by atoms with Gasteiger partial charge in [-0.2, -0.15) is 5.10 Å². The largest absolute Gasteiger partial charge is 0.487 e. The van der Waals surface area contributed by atoms with Crippen molar-refractivity contribution in [2.24, 2.45) is 0 Å². The number of H-pyrrole nitrogens is 1. The first-order chi connectivity index (χ1) is 20.2. The van der Waals surface area contributed by atoms with Crippen molar-refractivity contribution >= 4 is 50.8 Å². The molecule has 3 aromatic rings. The normalized spacial score (nSPS) is 17.3. The van der Waals surface area contributed by atoms with Crippen LogP contribution in [0.3, 0.4) is 0 Å². The van der Waals surface area contributed by atoms with E-state index >= 15 is 0 Å². The molecular weight excluding hydrogens is 612 g/mol. The summed E-state index contributed by atoms with van der Waals surface area (Å²) in [7, 11) is 0. The Morgan fingerprint density at radius 3 is 2.69 bits per heavy atom. The minimum atomic E-state index is -1.08. The summed E-state index contributed by atoms with van der Waals surface area (Å²) >= 11 is 3.53. The van der Waals surface area contributed by atoms with Crippen LogP contribution in [0, 0.1) is 0 Å². The zero-order valence-corrected chi connectivity index (χ0v) is 24.6. The first-order valence-electron chi connectivity index (χ1n) is 13.7. The molecular formula is C29H31BrN4O8. The molecule has 42 heavy (non-hydrogen) atoms. The molecule has 1 atom stereocenters. The Balaban J connectivity index is 1.33. The first kappa shape index (κ1) is 29.4. The summed E-state index contributed by atoms with van der Waals surface area (Å²) in [6, 6.07) is 10.5. The zero-order valence-electron chi connectivity index (χ0n) is 23.0. The average molecular weight is 643 g/mol. The third-order valence-electron chi connectivity index (χ3n) is 7.59. The lowest BCUT2D eigenvalue weighted by Gasteiger charge is -2.46. The standard InChI is InChI=1S/C29H31BrN4O8/c1-2-40-28(39)34-12-10-29(11-13-34)15-21(20-14-17(30)6-7-23(20)42-29)31-27(38)19-5-3-4-18-22(32-33-26(18)19)16-41-25(37)9-8-24(35)36/h3-7,14,21H,2,8-13,15-16H2,1H3,(H,31,38)(H,32,33)(H,35,36)/t21-/m0/s1. The summed E-state index contributed by atoms with van der Waals surface area (Å²) in [4.78, 5) is 50.2. The van der Waals surface area contributed by atoms with E-state index in [1.54, 1.807) is 30.0 Å². The number of hydrogen-bond donors (Lipinski definition) is 3. The summed E-state index contributed by atoms with van der Waals surface area (Å²) in [6.07, 6.45) is 0.823. The van der Waals surface area contributed by atoms with E-state index < -0.39 is 17.5 Å². The van der Waals surface area contributed by atoms with Crippen molar-refractivity contribution in [3.63, 3.8) is 0 Å². The molecule has 2 amide bonds. The highest BCUT2D eigenvalue weighted by Gasteiger charge is 2.45. The molecule has 0 unspecified atom stereocenters. The summed E-state index contributed by atoms with van der Waals surface area (Å²) < 4.78 is 17.7. The van der Waals surface area contributed by atoms with Gasteiger partial charge in [0.2, 0.25) is 0 Å². The number of aliphatic carboxylic acids is 1. The van der Waals surface area contributed by atoms with Gasteiger partial charge in [-0.3, -0.25) is 19.5 Å². The maximum atomic E-state index is 13.7. The van der Waals surface area contributed by atoms with Crippen molar-refractivity contribution in [3.05, 3.63) is 57.7 Å². The number of amides is 2. The van der Waals surface area contributed by atoms with Crippen LogP contribution in [-0.4, -0.2) is 69.4 Å². The van der Waals surface area contributed by atoms with Crippen molar-refractivity contribution in [1.82, 2.24) is 20.4 Å². The minimum absolute atomic E-state index is 0.157. The number of para-hydroxylation sites is 1.